The minimum atomic E-state index is 1.01. The van der Waals surface area contributed by atoms with Gasteiger partial charge in [0.15, 0.2) is 0 Å². The molecule has 90 valence electrons. The molecule has 18 heavy (non-hydrogen) atoms. The Bertz CT molecular complexity index is 538. The van der Waals surface area contributed by atoms with Crippen molar-refractivity contribution in [2.24, 2.45) is 10.2 Å². The fourth-order valence-corrected chi connectivity index (χ4v) is 2.21. The first-order valence-corrected chi connectivity index (χ1v) is 6.90. The zero-order valence-corrected chi connectivity index (χ0v) is 12.6. The summed E-state index contributed by atoms with van der Waals surface area (Å²) in [6.07, 6.45) is 3.44. The Kier molecular flexibility index (Phi) is 4.84. The molecule has 0 atom stereocenters. The molecule has 0 saturated heterocycles. The van der Waals surface area contributed by atoms with E-state index in [0.717, 1.165) is 20.1 Å². The number of hydrogen-bond acceptors (Lipinski definition) is 2. The van der Waals surface area contributed by atoms with Gasteiger partial charge >= 0.3 is 0 Å². The van der Waals surface area contributed by atoms with Crippen molar-refractivity contribution in [3.05, 3.63) is 68.6 Å². The third-order valence-electron chi connectivity index (χ3n) is 2.18. The predicted molar refractivity (Wildman–Crippen MR) is 83.5 cm³/mol. The van der Waals surface area contributed by atoms with Gasteiger partial charge in [-0.25, -0.2) is 0 Å². The Labute approximate surface area is 123 Å². The van der Waals surface area contributed by atoms with Gasteiger partial charge in [0.2, 0.25) is 0 Å². The normalized spacial score (nSPS) is 11.4. The van der Waals surface area contributed by atoms with Crippen molar-refractivity contribution in [1.29, 1.82) is 0 Å². The lowest BCUT2D eigenvalue weighted by Gasteiger charge is -1.93. The Balaban J connectivity index is 2.03. The van der Waals surface area contributed by atoms with Crippen LogP contribution in [0.15, 0.2) is 67.7 Å². The molecule has 0 unspecified atom stereocenters. The topological polar surface area (TPSA) is 24.7 Å². The third-order valence-corrected chi connectivity index (χ3v) is 3.16. The van der Waals surface area contributed by atoms with Crippen molar-refractivity contribution in [2.45, 2.75) is 0 Å². The minimum absolute atomic E-state index is 1.01. The van der Waals surface area contributed by atoms with E-state index in [1.54, 1.807) is 12.4 Å². The second kappa shape index (κ2) is 6.61. The molecule has 2 aromatic rings. The molecule has 2 aromatic carbocycles. The summed E-state index contributed by atoms with van der Waals surface area (Å²) < 4.78 is 2.06. The molecule has 0 radical (unpaired) electrons. The maximum absolute atomic E-state index is 4.02. The molecule has 2 rings (SSSR count). The van der Waals surface area contributed by atoms with Gasteiger partial charge in [0.1, 0.15) is 0 Å². The fraction of sp³-hybridized carbons (Fsp3) is 0. The summed E-state index contributed by atoms with van der Waals surface area (Å²) in [5.41, 5.74) is 2.02. The molecular weight excluding hydrogens is 356 g/mol. The van der Waals surface area contributed by atoms with Crippen molar-refractivity contribution < 1.29 is 0 Å². The lowest BCUT2D eigenvalue weighted by molar-refractivity contribution is 1.26. The van der Waals surface area contributed by atoms with Gasteiger partial charge in [0.05, 0.1) is 12.4 Å². The van der Waals surface area contributed by atoms with Crippen LogP contribution in [0.2, 0.25) is 0 Å². The molecule has 0 saturated carbocycles. The molecule has 0 fully saturated rings. The Morgan fingerprint density at radius 1 is 0.722 bits per heavy atom. The smallest absolute Gasteiger partial charge is 0.0568 e. The minimum Gasteiger partial charge on any atom is -0.159 e. The summed E-state index contributed by atoms with van der Waals surface area (Å²) >= 11 is 6.82. The molecule has 2 nitrogen and oxygen atoms in total. The fourth-order valence-electron chi connectivity index (χ4n) is 1.37. The van der Waals surface area contributed by atoms with Crippen LogP contribution in [0.25, 0.3) is 0 Å². The first-order valence-electron chi connectivity index (χ1n) is 5.31. The summed E-state index contributed by atoms with van der Waals surface area (Å²) in [5, 5.41) is 8.03. The number of halogens is 2. The highest BCUT2D eigenvalue weighted by atomic mass is 79.9. The van der Waals surface area contributed by atoms with E-state index in [2.05, 4.69) is 42.1 Å². The molecule has 0 amide bonds. The van der Waals surface area contributed by atoms with Crippen LogP contribution in [0.1, 0.15) is 11.1 Å². The Hall–Kier alpha value is -1.26. The highest BCUT2D eigenvalue weighted by Crippen LogP contribution is 2.11. The summed E-state index contributed by atoms with van der Waals surface area (Å²) in [7, 11) is 0. The van der Waals surface area contributed by atoms with Crippen LogP contribution in [0.4, 0.5) is 0 Å². The van der Waals surface area contributed by atoms with Gasteiger partial charge < -0.3 is 0 Å². The van der Waals surface area contributed by atoms with Gasteiger partial charge in [-0.2, -0.15) is 10.2 Å². The molecule has 0 aliphatic carbocycles. The van der Waals surface area contributed by atoms with Gasteiger partial charge in [0, 0.05) is 8.95 Å². The van der Waals surface area contributed by atoms with Gasteiger partial charge in [0.25, 0.3) is 0 Å². The van der Waals surface area contributed by atoms with Crippen LogP contribution in [-0.2, 0) is 0 Å². The predicted octanol–water partition coefficient (Wildman–Crippen LogP) is 4.66. The van der Waals surface area contributed by atoms with Crippen LogP contribution >= 0.6 is 31.9 Å². The number of hydrogen-bond donors (Lipinski definition) is 0. The van der Waals surface area contributed by atoms with E-state index in [-0.39, 0.29) is 0 Å². The monoisotopic (exact) mass is 364 g/mol. The zero-order chi connectivity index (χ0) is 12.8. The van der Waals surface area contributed by atoms with Crippen molar-refractivity contribution in [3.8, 4) is 0 Å². The Morgan fingerprint density at radius 3 is 1.56 bits per heavy atom. The molecule has 0 aliphatic heterocycles. The van der Waals surface area contributed by atoms with Crippen LogP contribution in [0.5, 0.6) is 0 Å². The van der Waals surface area contributed by atoms with E-state index in [0.29, 0.717) is 0 Å². The quantitative estimate of drug-likeness (QED) is 0.558. The van der Waals surface area contributed by atoms with E-state index in [9.17, 15) is 0 Å². The highest BCUT2D eigenvalue weighted by Gasteiger charge is 1.89. The van der Waals surface area contributed by atoms with Crippen molar-refractivity contribution in [1.82, 2.24) is 0 Å². The standard InChI is InChI=1S/C14H10Br2N2/c15-13-5-1-3-11(7-13)9-17-18-10-12-4-2-6-14(16)8-12/h1-10H/b17-9+,18-10+. The molecule has 0 aromatic heterocycles. The SMILES string of the molecule is Brc1cccc(/C=N/N=C/c2cccc(Br)c2)c1. The maximum Gasteiger partial charge on any atom is 0.0568 e. The molecule has 0 aliphatic rings. The first kappa shape index (κ1) is 13.2. The van der Waals surface area contributed by atoms with Gasteiger partial charge in [-0.05, 0) is 35.4 Å². The lowest BCUT2D eigenvalue weighted by atomic mass is 10.2. The summed E-state index contributed by atoms with van der Waals surface area (Å²) in [5.74, 6) is 0. The summed E-state index contributed by atoms with van der Waals surface area (Å²) in [6, 6.07) is 15.8. The molecule has 4 heteroatoms. The van der Waals surface area contributed by atoms with Crippen LogP contribution < -0.4 is 0 Å². The molecule has 0 N–H and O–H groups in total. The number of nitrogens with zero attached hydrogens (tertiary/aromatic N) is 2. The number of rotatable bonds is 3. The third kappa shape index (κ3) is 4.20. The van der Waals surface area contributed by atoms with Crippen LogP contribution in [-0.4, -0.2) is 12.4 Å². The largest absolute Gasteiger partial charge is 0.159 e. The van der Waals surface area contributed by atoms with E-state index in [1.165, 1.54) is 0 Å². The van der Waals surface area contributed by atoms with Crippen molar-refractivity contribution >= 4 is 44.3 Å². The van der Waals surface area contributed by atoms with Gasteiger partial charge in [-0.1, -0.05) is 56.1 Å². The average molecular weight is 366 g/mol. The van der Waals surface area contributed by atoms with Crippen LogP contribution in [0.3, 0.4) is 0 Å². The van der Waals surface area contributed by atoms with Gasteiger partial charge in [-0.15, -0.1) is 0 Å². The van der Waals surface area contributed by atoms with E-state index >= 15 is 0 Å². The second-order valence-electron chi connectivity index (χ2n) is 3.60. The first-order chi connectivity index (χ1) is 8.74. The van der Waals surface area contributed by atoms with Crippen molar-refractivity contribution in [3.63, 3.8) is 0 Å². The van der Waals surface area contributed by atoms with E-state index in [1.807, 2.05) is 48.5 Å². The van der Waals surface area contributed by atoms with Crippen molar-refractivity contribution in [2.75, 3.05) is 0 Å². The summed E-state index contributed by atoms with van der Waals surface area (Å²) in [4.78, 5) is 0. The van der Waals surface area contributed by atoms with Crippen LogP contribution in [0, 0.1) is 0 Å². The second-order valence-corrected chi connectivity index (χ2v) is 5.43. The average Bonchev–Trinajstić information content (AvgIpc) is 2.35. The highest BCUT2D eigenvalue weighted by molar-refractivity contribution is 9.10. The van der Waals surface area contributed by atoms with E-state index < -0.39 is 0 Å². The Morgan fingerprint density at radius 2 is 1.17 bits per heavy atom. The molecular formula is C14H10Br2N2. The summed E-state index contributed by atoms with van der Waals surface area (Å²) in [6.45, 7) is 0. The lowest BCUT2D eigenvalue weighted by Crippen LogP contribution is -1.81. The zero-order valence-electron chi connectivity index (χ0n) is 9.42. The van der Waals surface area contributed by atoms with E-state index in [4.69, 9.17) is 0 Å². The van der Waals surface area contributed by atoms with Gasteiger partial charge in [-0.3, -0.25) is 0 Å². The maximum atomic E-state index is 4.02. The molecule has 0 bridgehead atoms. The molecule has 0 spiro atoms. The number of benzene rings is 2. The molecule has 0 heterocycles.